The Labute approximate surface area is 100 Å². The molecule has 2 rings (SSSR count). The van der Waals surface area contributed by atoms with Crippen LogP contribution in [0.5, 0.6) is 0 Å². The molecule has 1 aliphatic rings. The Kier molecular flexibility index (Phi) is 3.37. The molecule has 0 radical (unpaired) electrons. The summed E-state index contributed by atoms with van der Waals surface area (Å²) in [6.07, 6.45) is 5.57. The smallest absolute Gasteiger partial charge is 0.276 e. The Balaban J connectivity index is 2.18. The van der Waals surface area contributed by atoms with Crippen molar-refractivity contribution in [1.82, 2.24) is 20.3 Å². The second kappa shape index (κ2) is 4.95. The van der Waals surface area contributed by atoms with Gasteiger partial charge in [0.25, 0.3) is 5.91 Å². The number of amides is 1. The van der Waals surface area contributed by atoms with Gasteiger partial charge in [0, 0.05) is 19.0 Å². The van der Waals surface area contributed by atoms with Gasteiger partial charge < -0.3 is 4.90 Å². The highest BCUT2D eigenvalue weighted by atomic mass is 16.2. The SMILES string of the molecule is C=CCN(CC=C)C(=O)c1n[nH]nc1C1CC1. The van der Waals surface area contributed by atoms with E-state index in [4.69, 9.17) is 0 Å². The third-order valence-electron chi connectivity index (χ3n) is 2.73. The van der Waals surface area contributed by atoms with Gasteiger partial charge in [0.2, 0.25) is 0 Å². The number of rotatable bonds is 6. The van der Waals surface area contributed by atoms with Crippen LogP contribution in [0.2, 0.25) is 0 Å². The second-order valence-electron chi connectivity index (χ2n) is 4.12. The summed E-state index contributed by atoms with van der Waals surface area (Å²) in [4.78, 5) is 13.9. The molecule has 1 N–H and O–H groups in total. The molecular weight excluding hydrogens is 216 g/mol. The maximum atomic E-state index is 12.2. The molecule has 90 valence electrons. The molecule has 0 atom stereocenters. The van der Waals surface area contributed by atoms with Crippen molar-refractivity contribution in [2.24, 2.45) is 0 Å². The van der Waals surface area contributed by atoms with Crippen LogP contribution in [0.1, 0.15) is 34.9 Å². The van der Waals surface area contributed by atoms with Crippen LogP contribution in [0.4, 0.5) is 0 Å². The lowest BCUT2D eigenvalue weighted by molar-refractivity contribution is 0.0784. The maximum absolute atomic E-state index is 12.2. The van der Waals surface area contributed by atoms with Gasteiger partial charge >= 0.3 is 0 Å². The van der Waals surface area contributed by atoms with Gasteiger partial charge in [-0.25, -0.2) is 0 Å². The van der Waals surface area contributed by atoms with Gasteiger partial charge in [-0.05, 0) is 12.8 Å². The van der Waals surface area contributed by atoms with Crippen LogP contribution < -0.4 is 0 Å². The summed E-state index contributed by atoms with van der Waals surface area (Å²) in [5.74, 6) is 0.294. The highest BCUT2D eigenvalue weighted by Gasteiger charge is 2.32. The maximum Gasteiger partial charge on any atom is 0.276 e. The predicted octanol–water partition coefficient (Wildman–Crippen LogP) is 1.50. The van der Waals surface area contributed by atoms with Crippen molar-refractivity contribution in [3.8, 4) is 0 Å². The molecule has 1 aliphatic carbocycles. The second-order valence-corrected chi connectivity index (χ2v) is 4.12. The monoisotopic (exact) mass is 232 g/mol. The Morgan fingerprint density at radius 3 is 2.53 bits per heavy atom. The Morgan fingerprint density at radius 2 is 2.00 bits per heavy atom. The van der Waals surface area contributed by atoms with Crippen molar-refractivity contribution in [3.63, 3.8) is 0 Å². The van der Waals surface area contributed by atoms with Crippen LogP contribution in [0.3, 0.4) is 0 Å². The molecule has 0 unspecified atom stereocenters. The molecule has 0 aliphatic heterocycles. The van der Waals surface area contributed by atoms with Gasteiger partial charge in [-0.2, -0.15) is 15.4 Å². The van der Waals surface area contributed by atoms with Crippen LogP contribution in [0, 0.1) is 0 Å². The zero-order valence-electron chi connectivity index (χ0n) is 9.72. The van der Waals surface area contributed by atoms with Crippen molar-refractivity contribution in [3.05, 3.63) is 36.7 Å². The molecular formula is C12H16N4O. The summed E-state index contributed by atoms with van der Waals surface area (Å²) in [5, 5.41) is 10.6. The zero-order chi connectivity index (χ0) is 12.3. The number of carbonyl (C=O) groups is 1. The quantitative estimate of drug-likeness (QED) is 0.756. The predicted molar refractivity (Wildman–Crippen MR) is 64.7 cm³/mol. The molecule has 1 saturated carbocycles. The highest BCUT2D eigenvalue weighted by Crippen LogP contribution is 2.40. The lowest BCUT2D eigenvalue weighted by atomic mass is 10.2. The number of H-pyrrole nitrogens is 1. The number of nitrogens with zero attached hydrogens (tertiary/aromatic N) is 3. The zero-order valence-corrected chi connectivity index (χ0v) is 9.72. The number of aromatic amines is 1. The van der Waals surface area contributed by atoms with E-state index in [1.807, 2.05) is 0 Å². The third kappa shape index (κ3) is 2.43. The molecule has 0 spiro atoms. The largest absolute Gasteiger partial charge is 0.330 e. The molecule has 1 heterocycles. The summed E-state index contributed by atoms with van der Waals surface area (Å²) < 4.78 is 0. The van der Waals surface area contributed by atoms with E-state index < -0.39 is 0 Å². The Morgan fingerprint density at radius 1 is 1.35 bits per heavy atom. The molecule has 0 aromatic carbocycles. The normalized spacial score (nSPS) is 14.4. The minimum absolute atomic E-state index is 0.111. The molecule has 1 aromatic rings. The molecule has 5 nitrogen and oxygen atoms in total. The van der Waals surface area contributed by atoms with Gasteiger partial charge in [0.15, 0.2) is 5.69 Å². The van der Waals surface area contributed by atoms with Crippen LogP contribution >= 0.6 is 0 Å². The van der Waals surface area contributed by atoms with E-state index in [1.165, 1.54) is 0 Å². The number of hydrogen-bond donors (Lipinski definition) is 1. The number of carbonyl (C=O) groups excluding carboxylic acids is 1. The molecule has 1 fully saturated rings. The molecule has 17 heavy (non-hydrogen) atoms. The van der Waals surface area contributed by atoms with Crippen LogP contribution in [-0.2, 0) is 0 Å². The summed E-state index contributed by atoms with van der Waals surface area (Å²) in [7, 11) is 0. The number of nitrogens with one attached hydrogen (secondary N) is 1. The number of hydrogen-bond acceptors (Lipinski definition) is 3. The van der Waals surface area contributed by atoms with Crippen LogP contribution in [0.15, 0.2) is 25.3 Å². The van der Waals surface area contributed by atoms with Gasteiger partial charge in [0.05, 0.1) is 5.69 Å². The van der Waals surface area contributed by atoms with E-state index in [0.29, 0.717) is 24.7 Å². The lowest BCUT2D eigenvalue weighted by Gasteiger charge is -2.18. The van der Waals surface area contributed by atoms with Gasteiger partial charge in [0.1, 0.15) is 0 Å². The highest BCUT2D eigenvalue weighted by molar-refractivity contribution is 5.93. The van der Waals surface area contributed by atoms with E-state index in [1.54, 1.807) is 17.1 Å². The average molecular weight is 232 g/mol. The van der Waals surface area contributed by atoms with Gasteiger partial charge in [-0.15, -0.1) is 13.2 Å². The first-order chi connectivity index (χ1) is 8.27. The van der Waals surface area contributed by atoms with E-state index in [0.717, 1.165) is 18.5 Å². The summed E-state index contributed by atoms with van der Waals surface area (Å²) >= 11 is 0. The van der Waals surface area contributed by atoms with Crippen molar-refractivity contribution in [2.45, 2.75) is 18.8 Å². The van der Waals surface area contributed by atoms with Crippen molar-refractivity contribution in [1.29, 1.82) is 0 Å². The minimum atomic E-state index is -0.111. The summed E-state index contributed by atoms with van der Waals surface area (Å²) in [6.45, 7) is 8.26. The molecule has 0 bridgehead atoms. The Bertz CT molecular complexity index is 423. The standard InChI is InChI=1S/C12H16N4O/c1-3-7-16(8-4-2)12(17)11-10(9-5-6-9)13-15-14-11/h3-4,9H,1-2,5-8H2,(H,13,14,15). The van der Waals surface area contributed by atoms with Crippen molar-refractivity contribution in [2.75, 3.05) is 13.1 Å². The summed E-state index contributed by atoms with van der Waals surface area (Å²) in [6, 6.07) is 0. The van der Waals surface area contributed by atoms with E-state index in [9.17, 15) is 4.79 Å². The summed E-state index contributed by atoms with van der Waals surface area (Å²) in [5.41, 5.74) is 1.24. The van der Waals surface area contributed by atoms with E-state index in [-0.39, 0.29) is 5.91 Å². The number of aromatic nitrogens is 3. The van der Waals surface area contributed by atoms with E-state index in [2.05, 4.69) is 28.6 Å². The van der Waals surface area contributed by atoms with Gasteiger partial charge in [-0.3, -0.25) is 4.79 Å². The fourth-order valence-electron chi connectivity index (χ4n) is 1.74. The van der Waals surface area contributed by atoms with Gasteiger partial charge in [-0.1, -0.05) is 12.2 Å². The molecule has 1 amide bonds. The minimum Gasteiger partial charge on any atom is -0.330 e. The first-order valence-electron chi connectivity index (χ1n) is 5.69. The third-order valence-corrected chi connectivity index (χ3v) is 2.73. The molecule has 5 heteroatoms. The first-order valence-corrected chi connectivity index (χ1v) is 5.69. The average Bonchev–Trinajstić information content (AvgIpc) is 3.06. The van der Waals surface area contributed by atoms with Crippen molar-refractivity contribution >= 4 is 5.91 Å². The topological polar surface area (TPSA) is 61.9 Å². The molecule has 0 saturated heterocycles. The fraction of sp³-hybridized carbons (Fsp3) is 0.417. The van der Waals surface area contributed by atoms with E-state index >= 15 is 0 Å². The lowest BCUT2D eigenvalue weighted by Crippen LogP contribution is -2.32. The van der Waals surface area contributed by atoms with Crippen LogP contribution in [-0.4, -0.2) is 39.3 Å². The van der Waals surface area contributed by atoms with Crippen LogP contribution in [0.25, 0.3) is 0 Å². The van der Waals surface area contributed by atoms with Crippen molar-refractivity contribution < 1.29 is 4.79 Å². The molecule has 1 aromatic heterocycles. The first kappa shape index (κ1) is 11.6. The Hall–Kier alpha value is -1.91. The fourth-order valence-corrected chi connectivity index (χ4v) is 1.74.